The number of carbonyl (C=O) groups excluding carboxylic acids is 2. The zero-order valence-corrected chi connectivity index (χ0v) is 16.8. The molecule has 29 heavy (non-hydrogen) atoms. The van der Waals surface area contributed by atoms with Crippen molar-refractivity contribution in [3.8, 4) is 5.75 Å². The molecule has 1 atom stereocenters. The van der Waals surface area contributed by atoms with Crippen LogP contribution in [0.5, 0.6) is 5.75 Å². The molecule has 0 N–H and O–H groups in total. The predicted molar refractivity (Wildman–Crippen MR) is 107 cm³/mol. The molecular weight excluding hydrogens is 394 g/mol. The fourth-order valence-corrected chi connectivity index (χ4v) is 5.42. The Labute approximate surface area is 169 Å². The van der Waals surface area contributed by atoms with Gasteiger partial charge >= 0.3 is 5.97 Å². The van der Waals surface area contributed by atoms with Gasteiger partial charge in [-0.05, 0) is 42.2 Å². The monoisotopic (exact) mass is 417 g/mol. The molecular formula is C21H23NO6S. The second-order valence-electron chi connectivity index (χ2n) is 7.55. The van der Waals surface area contributed by atoms with E-state index in [1.165, 1.54) is 0 Å². The smallest absolute Gasteiger partial charge is 0.344 e. The summed E-state index contributed by atoms with van der Waals surface area (Å²) in [6.45, 7) is -0.695. The molecule has 2 aliphatic rings. The molecule has 1 saturated carbocycles. The fourth-order valence-electron chi connectivity index (χ4n) is 3.71. The summed E-state index contributed by atoms with van der Waals surface area (Å²) in [5, 5.41) is 2.07. The van der Waals surface area contributed by atoms with Gasteiger partial charge in [-0.15, -0.1) is 0 Å². The number of carbonyl (C=O) groups is 2. The molecule has 1 heterocycles. The second kappa shape index (κ2) is 8.02. The summed E-state index contributed by atoms with van der Waals surface area (Å²) >= 11 is 0. The van der Waals surface area contributed by atoms with Gasteiger partial charge in [0.05, 0.1) is 11.5 Å². The highest BCUT2D eigenvalue weighted by atomic mass is 32.2. The van der Waals surface area contributed by atoms with Gasteiger partial charge < -0.3 is 14.4 Å². The quantitative estimate of drug-likeness (QED) is 0.640. The minimum atomic E-state index is -3.09. The van der Waals surface area contributed by atoms with Gasteiger partial charge in [0.25, 0.3) is 5.91 Å². The van der Waals surface area contributed by atoms with Crippen molar-refractivity contribution >= 4 is 32.5 Å². The maximum absolute atomic E-state index is 12.6. The Morgan fingerprint density at radius 3 is 2.41 bits per heavy atom. The molecule has 1 aliphatic heterocycles. The molecule has 1 aliphatic carbocycles. The number of ether oxygens (including phenoxy) is 2. The summed E-state index contributed by atoms with van der Waals surface area (Å²) in [5.74, 6) is -0.334. The predicted octanol–water partition coefficient (Wildman–Crippen LogP) is 1.94. The van der Waals surface area contributed by atoms with E-state index in [0.717, 1.165) is 23.6 Å². The molecule has 0 spiro atoms. The number of sulfone groups is 1. The second-order valence-corrected chi connectivity index (χ2v) is 9.78. The number of hydrogen-bond donors (Lipinski definition) is 0. The van der Waals surface area contributed by atoms with Crippen LogP contribution in [0.15, 0.2) is 42.5 Å². The summed E-state index contributed by atoms with van der Waals surface area (Å²) in [6, 6.07) is 13.1. The van der Waals surface area contributed by atoms with Crippen molar-refractivity contribution in [2.45, 2.75) is 31.3 Å². The van der Waals surface area contributed by atoms with Gasteiger partial charge in [-0.1, -0.05) is 30.3 Å². The summed E-state index contributed by atoms with van der Waals surface area (Å²) in [7, 11) is -3.09. The van der Waals surface area contributed by atoms with Gasteiger partial charge in [0.15, 0.2) is 23.1 Å². The number of amides is 1. The van der Waals surface area contributed by atoms with Crippen molar-refractivity contribution in [2.75, 3.05) is 24.7 Å². The summed E-state index contributed by atoms with van der Waals surface area (Å²) in [6.07, 6.45) is 2.17. The number of benzene rings is 2. The first-order chi connectivity index (χ1) is 13.9. The highest BCUT2D eigenvalue weighted by molar-refractivity contribution is 7.91. The molecule has 2 aromatic rings. The molecule has 154 valence electrons. The molecule has 2 aromatic carbocycles. The van der Waals surface area contributed by atoms with Gasteiger partial charge in [0, 0.05) is 12.1 Å². The molecule has 0 bridgehead atoms. The maximum atomic E-state index is 12.6. The third kappa shape index (κ3) is 4.87. The molecule has 4 rings (SSSR count). The Balaban J connectivity index is 1.28. The van der Waals surface area contributed by atoms with Gasteiger partial charge in [0.1, 0.15) is 5.75 Å². The van der Waals surface area contributed by atoms with Crippen LogP contribution in [-0.4, -0.2) is 62.0 Å². The van der Waals surface area contributed by atoms with Crippen LogP contribution >= 0.6 is 0 Å². The van der Waals surface area contributed by atoms with E-state index in [0.29, 0.717) is 12.2 Å². The van der Waals surface area contributed by atoms with E-state index in [1.54, 1.807) is 11.0 Å². The van der Waals surface area contributed by atoms with Crippen molar-refractivity contribution < 1.29 is 27.5 Å². The van der Waals surface area contributed by atoms with Crippen molar-refractivity contribution in [2.24, 2.45) is 0 Å². The lowest BCUT2D eigenvalue weighted by atomic mass is 10.1. The Kier molecular flexibility index (Phi) is 5.45. The Morgan fingerprint density at radius 1 is 0.966 bits per heavy atom. The first kappa shape index (κ1) is 19.7. The largest absolute Gasteiger partial charge is 0.482 e. The minimum Gasteiger partial charge on any atom is -0.482 e. The normalized spacial score (nSPS) is 20.3. The van der Waals surface area contributed by atoms with Crippen LogP contribution in [-0.2, 0) is 24.2 Å². The van der Waals surface area contributed by atoms with Crippen LogP contribution in [0.1, 0.15) is 19.3 Å². The van der Waals surface area contributed by atoms with Crippen molar-refractivity contribution in [3.05, 3.63) is 42.5 Å². The number of esters is 1. The van der Waals surface area contributed by atoms with Crippen molar-refractivity contribution in [1.29, 1.82) is 0 Å². The first-order valence-corrected chi connectivity index (χ1v) is 11.5. The maximum Gasteiger partial charge on any atom is 0.344 e. The van der Waals surface area contributed by atoms with E-state index in [1.807, 2.05) is 36.4 Å². The summed E-state index contributed by atoms with van der Waals surface area (Å²) < 4.78 is 34.0. The van der Waals surface area contributed by atoms with Gasteiger partial charge in [-0.3, -0.25) is 4.79 Å². The number of hydrogen-bond acceptors (Lipinski definition) is 6. The summed E-state index contributed by atoms with van der Waals surface area (Å²) in [5.41, 5.74) is 0. The number of rotatable bonds is 7. The molecule has 2 fully saturated rings. The molecule has 1 amide bonds. The van der Waals surface area contributed by atoms with E-state index in [4.69, 9.17) is 9.47 Å². The van der Waals surface area contributed by atoms with Crippen LogP contribution in [0.3, 0.4) is 0 Å². The van der Waals surface area contributed by atoms with E-state index < -0.39 is 22.4 Å². The van der Waals surface area contributed by atoms with Crippen LogP contribution in [0.2, 0.25) is 0 Å². The van der Waals surface area contributed by atoms with Crippen LogP contribution in [0.4, 0.5) is 0 Å². The highest BCUT2D eigenvalue weighted by Crippen LogP contribution is 2.32. The van der Waals surface area contributed by atoms with Crippen molar-refractivity contribution in [1.82, 2.24) is 4.90 Å². The Bertz CT molecular complexity index is 1030. The molecule has 8 heteroatoms. The van der Waals surface area contributed by atoms with E-state index in [-0.39, 0.29) is 36.1 Å². The van der Waals surface area contributed by atoms with Crippen LogP contribution in [0.25, 0.3) is 10.8 Å². The lowest BCUT2D eigenvalue weighted by Crippen LogP contribution is -2.45. The van der Waals surface area contributed by atoms with Crippen molar-refractivity contribution in [3.63, 3.8) is 0 Å². The molecule has 0 radical (unpaired) electrons. The zero-order chi connectivity index (χ0) is 20.4. The van der Waals surface area contributed by atoms with E-state index in [9.17, 15) is 18.0 Å². The Morgan fingerprint density at radius 2 is 1.72 bits per heavy atom. The molecule has 1 saturated heterocycles. The highest BCUT2D eigenvalue weighted by Gasteiger charge is 2.42. The first-order valence-electron chi connectivity index (χ1n) is 9.70. The number of fused-ring (bicyclic) bond motifs is 1. The average molecular weight is 417 g/mol. The third-order valence-corrected chi connectivity index (χ3v) is 7.01. The average Bonchev–Trinajstić information content (AvgIpc) is 3.47. The molecule has 0 aromatic heterocycles. The minimum absolute atomic E-state index is 0.00569. The topological polar surface area (TPSA) is 90.0 Å². The summed E-state index contributed by atoms with van der Waals surface area (Å²) in [4.78, 5) is 26.2. The lowest BCUT2D eigenvalue weighted by Gasteiger charge is -2.28. The van der Waals surface area contributed by atoms with E-state index >= 15 is 0 Å². The van der Waals surface area contributed by atoms with E-state index in [2.05, 4.69) is 0 Å². The van der Waals surface area contributed by atoms with Gasteiger partial charge in [0.2, 0.25) is 0 Å². The Hall–Kier alpha value is -2.61. The molecule has 0 unspecified atom stereocenters. The third-order valence-electron chi connectivity index (χ3n) is 5.26. The van der Waals surface area contributed by atoms with Gasteiger partial charge in [-0.2, -0.15) is 0 Å². The molecule has 7 nitrogen and oxygen atoms in total. The lowest BCUT2D eigenvalue weighted by molar-refractivity contribution is -0.154. The number of nitrogens with zero attached hydrogens (tertiary/aromatic N) is 1. The fraction of sp³-hybridized carbons (Fsp3) is 0.429. The van der Waals surface area contributed by atoms with Crippen LogP contribution in [0, 0.1) is 0 Å². The zero-order valence-electron chi connectivity index (χ0n) is 16.0. The SMILES string of the molecule is O=C(COc1ccc2ccccc2c1)OCC(=O)N(C1CC1)[C@@H]1CCS(=O)(=O)C1. The van der Waals surface area contributed by atoms with Gasteiger partial charge in [-0.25, -0.2) is 13.2 Å². The standard InChI is InChI=1S/C21H23NO6S/c23-20(22(17-6-7-17)18-9-10-29(25,26)14-18)12-28-21(24)13-27-19-8-5-15-3-1-2-4-16(15)11-19/h1-5,8,11,17-18H,6-7,9-10,12-14H2/t18-/m1/s1. The van der Waals surface area contributed by atoms with Crippen LogP contribution < -0.4 is 4.74 Å².